The molecule has 2 atom stereocenters. The van der Waals surface area contributed by atoms with Crippen LogP contribution >= 0.6 is 7.82 Å². The van der Waals surface area contributed by atoms with E-state index in [2.05, 4.69) is 13.8 Å². The zero-order valence-electron chi connectivity index (χ0n) is 27.0. The largest absolute Gasteiger partial charge is 0.756 e. The first-order valence-electron chi connectivity index (χ1n) is 16.2. The quantitative estimate of drug-likeness (QED) is 0.0383. The average Bonchev–Trinajstić information content (AvgIpc) is 2.90. The van der Waals surface area contributed by atoms with Crippen molar-refractivity contribution in [3.05, 3.63) is 0 Å². The maximum atomic E-state index is 12.4. The molecule has 0 N–H and O–H groups in total. The minimum atomic E-state index is -4.59. The number of hydrogen-bond acceptors (Lipinski definition) is 8. The van der Waals surface area contributed by atoms with Gasteiger partial charge in [0.1, 0.15) is 19.8 Å². The third-order valence-corrected chi connectivity index (χ3v) is 7.84. The van der Waals surface area contributed by atoms with Crippen LogP contribution in [-0.2, 0) is 32.7 Å². The molecule has 9 nitrogen and oxygen atoms in total. The fourth-order valence-electron chi connectivity index (χ4n) is 4.24. The van der Waals surface area contributed by atoms with Gasteiger partial charge in [0.2, 0.25) is 0 Å². The Bertz CT molecular complexity index is 698. The lowest BCUT2D eigenvalue weighted by molar-refractivity contribution is -0.870. The first kappa shape index (κ1) is 40.0. The van der Waals surface area contributed by atoms with E-state index in [1.165, 1.54) is 64.2 Å². The van der Waals surface area contributed by atoms with Gasteiger partial charge in [-0.15, -0.1) is 0 Å². The number of esters is 2. The Kier molecular flexibility index (Phi) is 24.9. The second kappa shape index (κ2) is 25.5. The van der Waals surface area contributed by atoms with E-state index >= 15 is 0 Å². The van der Waals surface area contributed by atoms with E-state index in [1.807, 2.05) is 21.1 Å². The van der Waals surface area contributed by atoms with Crippen LogP contribution in [0.2, 0.25) is 0 Å². The van der Waals surface area contributed by atoms with Gasteiger partial charge < -0.3 is 27.9 Å². The minimum Gasteiger partial charge on any atom is -0.756 e. The summed E-state index contributed by atoms with van der Waals surface area (Å²) in [5, 5.41) is 0. The summed E-state index contributed by atoms with van der Waals surface area (Å²) in [6.07, 6.45) is 18.6. The Morgan fingerprint density at radius 1 is 0.659 bits per heavy atom. The Labute approximate surface area is 251 Å². The number of phosphoric acid groups is 1. The molecule has 0 aromatic carbocycles. The second-order valence-corrected chi connectivity index (χ2v) is 13.6. The van der Waals surface area contributed by atoms with Gasteiger partial charge in [-0.3, -0.25) is 14.2 Å². The van der Waals surface area contributed by atoms with Crippen LogP contribution in [0.1, 0.15) is 136 Å². The van der Waals surface area contributed by atoms with Crippen molar-refractivity contribution in [2.24, 2.45) is 0 Å². The average molecular weight is 608 g/mol. The predicted octanol–water partition coefficient (Wildman–Crippen LogP) is 7.10. The highest BCUT2D eigenvalue weighted by atomic mass is 31.2. The maximum Gasteiger partial charge on any atom is 0.306 e. The van der Waals surface area contributed by atoms with Crippen molar-refractivity contribution in [3.8, 4) is 0 Å². The molecule has 41 heavy (non-hydrogen) atoms. The third kappa shape index (κ3) is 28.9. The van der Waals surface area contributed by atoms with Gasteiger partial charge in [0, 0.05) is 12.8 Å². The highest BCUT2D eigenvalue weighted by Gasteiger charge is 2.21. The Balaban J connectivity index is 4.52. The van der Waals surface area contributed by atoms with Crippen LogP contribution in [0.15, 0.2) is 0 Å². The molecule has 0 aromatic rings. The van der Waals surface area contributed by atoms with Crippen LogP contribution in [0.3, 0.4) is 0 Å². The first-order valence-corrected chi connectivity index (χ1v) is 17.7. The lowest BCUT2D eigenvalue weighted by atomic mass is 10.1. The molecule has 0 aliphatic rings. The van der Waals surface area contributed by atoms with Crippen molar-refractivity contribution < 1.29 is 42.1 Å². The lowest BCUT2D eigenvalue weighted by Crippen LogP contribution is -2.37. The molecule has 0 fully saturated rings. The molecular formula is C31H62NO8P. The first-order chi connectivity index (χ1) is 19.5. The van der Waals surface area contributed by atoms with E-state index in [0.29, 0.717) is 17.4 Å². The number of unbranched alkanes of at least 4 members (excludes halogenated alkanes) is 15. The predicted molar refractivity (Wildman–Crippen MR) is 162 cm³/mol. The normalized spacial score (nSPS) is 14.0. The topological polar surface area (TPSA) is 111 Å². The molecule has 2 unspecified atom stereocenters. The Morgan fingerprint density at radius 2 is 1.10 bits per heavy atom. The van der Waals surface area contributed by atoms with Crippen LogP contribution in [0.4, 0.5) is 0 Å². The van der Waals surface area contributed by atoms with Crippen molar-refractivity contribution in [2.45, 2.75) is 142 Å². The molecule has 0 radical (unpaired) electrons. The van der Waals surface area contributed by atoms with Gasteiger partial charge in [-0.25, -0.2) is 0 Å². The molecule has 0 saturated carbocycles. The van der Waals surface area contributed by atoms with Crippen LogP contribution in [0, 0.1) is 0 Å². The molecule has 0 spiro atoms. The van der Waals surface area contributed by atoms with Gasteiger partial charge in [-0.1, -0.05) is 110 Å². The van der Waals surface area contributed by atoms with Crippen LogP contribution in [0.25, 0.3) is 0 Å². The number of quaternary nitrogens is 1. The summed E-state index contributed by atoms with van der Waals surface area (Å²) in [6.45, 7) is 4.14. The molecule has 0 aromatic heterocycles. The molecule has 0 bridgehead atoms. The van der Waals surface area contributed by atoms with Gasteiger partial charge in [0.15, 0.2) is 6.10 Å². The molecule has 244 valence electrons. The van der Waals surface area contributed by atoms with Crippen molar-refractivity contribution in [1.82, 2.24) is 0 Å². The molecule has 0 aliphatic heterocycles. The van der Waals surface area contributed by atoms with Crippen molar-refractivity contribution in [3.63, 3.8) is 0 Å². The lowest BCUT2D eigenvalue weighted by Gasteiger charge is -2.28. The summed E-state index contributed by atoms with van der Waals surface area (Å²) < 4.78 is 33.5. The highest BCUT2D eigenvalue weighted by Crippen LogP contribution is 2.38. The van der Waals surface area contributed by atoms with Crippen LogP contribution < -0.4 is 4.89 Å². The van der Waals surface area contributed by atoms with Crippen molar-refractivity contribution >= 4 is 19.8 Å². The summed E-state index contributed by atoms with van der Waals surface area (Å²) in [7, 11) is 1.17. The van der Waals surface area contributed by atoms with Crippen molar-refractivity contribution in [2.75, 3.05) is 47.5 Å². The van der Waals surface area contributed by atoms with Gasteiger partial charge in [0.05, 0.1) is 27.7 Å². The van der Waals surface area contributed by atoms with Crippen LogP contribution in [0.5, 0.6) is 0 Å². The maximum absolute atomic E-state index is 12.4. The van der Waals surface area contributed by atoms with E-state index in [1.54, 1.807) is 0 Å². The second-order valence-electron chi connectivity index (χ2n) is 12.2. The molecule has 0 heterocycles. The van der Waals surface area contributed by atoms with E-state index in [-0.39, 0.29) is 32.0 Å². The number of nitrogens with zero attached hydrogens (tertiary/aromatic N) is 1. The molecule has 0 saturated heterocycles. The Morgan fingerprint density at radius 3 is 1.56 bits per heavy atom. The zero-order valence-corrected chi connectivity index (χ0v) is 27.9. The number of likely N-dealkylation sites (N-methyl/N-ethyl adjacent to an activating group) is 1. The van der Waals surface area contributed by atoms with Gasteiger partial charge >= 0.3 is 11.9 Å². The fourth-order valence-corrected chi connectivity index (χ4v) is 4.97. The number of rotatable bonds is 29. The summed E-state index contributed by atoms with van der Waals surface area (Å²) in [6, 6.07) is 0. The monoisotopic (exact) mass is 607 g/mol. The number of carbonyl (C=O) groups is 2. The van der Waals surface area contributed by atoms with Crippen molar-refractivity contribution in [1.29, 1.82) is 0 Å². The van der Waals surface area contributed by atoms with Crippen LogP contribution in [-0.4, -0.2) is 70.0 Å². The van der Waals surface area contributed by atoms with E-state index in [0.717, 1.165) is 38.5 Å². The number of ether oxygens (including phenoxy) is 2. The third-order valence-electron chi connectivity index (χ3n) is 6.88. The number of hydrogen-bond donors (Lipinski definition) is 0. The molecule has 0 rings (SSSR count). The summed E-state index contributed by atoms with van der Waals surface area (Å²) in [5.41, 5.74) is 0. The molecule has 0 amide bonds. The minimum absolute atomic E-state index is 0.0269. The van der Waals surface area contributed by atoms with E-state index in [9.17, 15) is 19.0 Å². The number of carbonyl (C=O) groups excluding carboxylic acids is 2. The summed E-state index contributed by atoms with van der Waals surface area (Å²) in [4.78, 5) is 36.9. The summed E-state index contributed by atoms with van der Waals surface area (Å²) in [5.74, 6) is -0.840. The summed E-state index contributed by atoms with van der Waals surface area (Å²) >= 11 is 0. The smallest absolute Gasteiger partial charge is 0.306 e. The zero-order chi connectivity index (χ0) is 30.8. The Hall–Kier alpha value is -0.990. The van der Waals surface area contributed by atoms with Gasteiger partial charge in [-0.05, 0) is 12.8 Å². The fraction of sp³-hybridized carbons (Fsp3) is 0.935. The molecule has 10 heteroatoms. The highest BCUT2D eigenvalue weighted by molar-refractivity contribution is 7.45. The van der Waals surface area contributed by atoms with E-state index in [4.69, 9.17) is 18.5 Å². The molecular weight excluding hydrogens is 545 g/mol. The van der Waals surface area contributed by atoms with Gasteiger partial charge in [0.25, 0.3) is 7.82 Å². The number of phosphoric ester groups is 1. The standard InChI is InChI=1S/C31H62NO8P/c1-6-8-10-12-14-16-18-19-21-23-30(33)37-27-29(28-39-41(35,36)38-26-25-32(3,4)5)40-31(34)24-22-20-17-15-13-11-9-7-2/h29H,6-28H2,1-5H3. The van der Waals surface area contributed by atoms with Gasteiger partial charge in [-0.2, -0.15) is 0 Å². The SMILES string of the molecule is CCCCCCCCCCCC(=O)OCC(COP(=O)([O-])OCC[N+](C)(C)C)OC(=O)CCCCCCCCCC. The van der Waals surface area contributed by atoms with E-state index < -0.39 is 26.5 Å². The molecule has 0 aliphatic carbocycles.